The highest BCUT2D eigenvalue weighted by molar-refractivity contribution is 5.99. The lowest BCUT2D eigenvalue weighted by molar-refractivity contribution is -0.122. The third-order valence-corrected chi connectivity index (χ3v) is 5.92. The average Bonchev–Trinajstić information content (AvgIpc) is 3.21. The summed E-state index contributed by atoms with van der Waals surface area (Å²) >= 11 is 0. The number of carbonyl (C=O) groups excluding carboxylic acids is 3. The van der Waals surface area contributed by atoms with Crippen molar-refractivity contribution in [1.82, 2.24) is 24.9 Å². The maximum absolute atomic E-state index is 13.2. The monoisotopic (exact) mass is 459 g/mol. The van der Waals surface area contributed by atoms with E-state index in [1.165, 1.54) is 11.0 Å². The Bertz CT molecular complexity index is 1160. The molecule has 2 heterocycles. The summed E-state index contributed by atoms with van der Waals surface area (Å²) in [5, 5.41) is 7.29. The van der Waals surface area contributed by atoms with Crippen molar-refractivity contribution < 1.29 is 14.4 Å². The van der Waals surface area contributed by atoms with Gasteiger partial charge < -0.3 is 15.1 Å². The molecule has 1 atom stereocenters. The van der Waals surface area contributed by atoms with Gasteiger partial charge in [0.2, 0.25) is 5.91 Å². The zero-order chi connectivity index (χ0) is 24.1. The molecule has 1 N–H and O–H groups in total. The largest absolute Gasteiger partial charge is 0.348 e. The molecule has 0 aliphatic carbocycles. The van der Waals surface area contributed by atoms with E-state index in [2.05, 4.69) is 10.4 Å². The summed E-state index contributed by atoms with van der Waals surface area (Å²) in [6.45, 7) is 3.48. The van der Waals surface area contributed by atoms with Crippen LogP contribution >= 0.6 is 0 Å². The summed E-state index contributed by atoms with van der Waals surface area (Å²) < 4.78 is 1.60. The third kappa shape index (κ3) is 5.33. The number of fused-ring (bicyclic) bond motifs is 1. The molecule has 0 saturated heterocycles. The molecule has 1 unspecified atom stereocenters. The van der Waals surface area contributed by atoms with Crippen LogP contribution in [0.4, 0.5) is 0 Å². The van der Waals surface area contributed by atoms with Gasteiger partial charge in [0.15, 0.2) is 5.69 Å². The van der Waals surface area contributed by atoms with Crippen LogP contribution in [-0.2, 0) is 17.9 Å². The fourth-order valence-electron chi connectivity index (χ4n) is 4.09. The molecule has 1 aliphatic heterocycles. The highest BCUT2D eigenvalue weighted by Crippen LogP contribution is 2.17. The molecule has 8 heteroatoms. The average molecular weight is 460 g/mol. The Kier molecular flexibility index (Phi) is 7.06. The third-order valence-electron chi connectivity index (χ3n) is 5.92. The van der Waals surface area contributed by atoms with Crippen LogP contribution < -0.4 is 5.32 Å². The van der Waals surface area contributed by atoms with Gasteiger partial charge in [0.25, 0.3) is 11.8 Å². The van der Waals surface area contributed by atoms with Crippen LogP contribution in [0.1, 0.15) is 51.5 Å². The summed E-state index contributed by atoms with van der Waals surface area (Å²) in [5.74, 6) is -0.812. The highest BCUT2D eigenvalue weighted by atomic mass is 16.2. The molecular formula is C26H29N5O3. The Morgan fingerprint density at radius 3 is 2.44 bits per heavy atom. The zero-order valence-corrected chi connectivity index (χ0v) is 19.5. The first-order valence-electron chi connectivity index (χ1n) is 11.4. The van der Waals surface area contributed by atoms with E-state index < -0.39 is 5.91 Å². The Morgan fingerprint density at radius 1 is 1.06 bits per heavy atom. The number of carbonyl (C=O) groups is 3. The summed E-state index contributed by atoms with van der Waals surface area (Å²) in [7, 11) is 1.56. The predicted molar refractivity (Wildman–Crippen MR) is 128 cm³/mol. The van der Waals surface area contributed by atoms with E-state index in [1.54, 1.807) is 16.6 Å². The second-order valence-corrected chi connectivity index (χ2v) is 8.56. The van der Waals surface area contributed by atoms with Gasteiger partial charge in [-0.1, -0.05) is 60.7 Å². The van der Waals surface area contributed by atoms with Crippen LogP contribution in [0, 0.1) is 0 Å². The molecule has 0 saturated carbocycles. The normalized spacial score (nSPS) is 14.2. The van der Waals surface area contributed by atoms with Gasteiger partial charge in [-0.15, -0.1) is 0 Å². The minimum absolute atomic E-state index is 0.105. The topological polar surface area (TPSA) is 87.5 Å². The molecule has 4 rings (SSSR count). The molecule has 2 aromatic carbocycles. The number of aromatic nitrogens is 2. The number of hydrogen-bond donors (Lipinski definition) is 1. The van der Waals surface area contributed by atoms with Crippen molar-refractivity contribution in [3.8, 4) is 0 Å². The van der Waals surface area contributed by atoms with Crippen molar-refractivity contribution in [2.24, 2.45) is 0 Å². The smallest absolute Gasteiger partial charge is 0.274 e. The molecule has 0 radical (unpaired) electrons. The Hall–Kier alpha value is -3.94. The van der Waals surface area contributed by atoms with Crippen molar-refractivity contribution >= 4 is 17.7 Å². The van der Waals surface area contributed by atoms with E-state index in [0.29, 0.717) is 25.3 Å². The molecule has 176 valence electrons. The number of likely N-dealkylation sites (N-methyl/N-ethyl adjacent to an activating group) is 1. The molecule has 0 fully saturated rings. The molecule has 3 aromatic rings. The van der Waals surface area contributed by atoms with Gasteiger partial charge >= 0.3 is 0 Å². The van der Waals surface area contributed by atoms with Gasteiger partial charge in [-0.05, 0) is 24.5 Å². The standard InChI is InChI=1S/C26H29N5O3/c1-19(21-12-7-4-8-13-21)27-24(32)18-29(2)25(33)22-16-23-26(34)30(14-9-15-31(23)28-22)17-20-10-5-3-6-11-20/h3-8,10-13,16,19H,9,14-15,17-18H2,1-2H3,(H,27,32). The van der Waals surface area contributed by atoms with Gasteiger partial charge in [-0.3, -0.25) is 19.1 Å². The molecule has 0 bridgehead atoms. The lowest BCUT2D eigenvalue weighted by Gasteiger charge is -2.20. The van der Waals surface area contributed by atoms with Crippen LogP contribution in [0.25, 0.3) is 0 Å². The maximum Gasteiger partial charge on any atom is 0.274 e. The van der Waals surface area contributed by atoms with Crippen molar-refractivity contribution in [2.75, 3.05) is 20.1 Å². The number of nitrogens with one attached hydrogen (secondary N) is 1. The lowest BCUT2D eigenvalue weighted by Crippen LogP contribution is -2.39. The van der Waals surface area contributed by atoms with Crippen molar-refractivity contribution in [2.45, 2.75) is 32.5 Å². The van der Waals surface area contributed by atoms with E-state index in [-0.39, 0.29) is 30.1 Å². The van der Waals surface area contributed by atoms with E-state index in [4.69, 9.17) is 0 Å². The molecule has 34 heavy (non-hydrogen) atoms. The number of nitrogens with zero attached hydrogens (tertiary/aromatic N) is 4. The van der Waals surface area contributed by atoms with Crippen LogP contribution in [0.3, 0.4) is 0 Å². The Labute approximate surface area is 199 Å². The molecule has 8 nitrogen and oxygen atoms in total. The summed E-state index contributed by atoms with van der Waals surface area (Å²) in [6.07, 6.45) is 0.747. The van der Waals surface area contributed by atoms with E-state index in [0.717, 1.165) is 17.5 Å². The van der Waals surface area contributed by atoms with Gasteiger partial charge in [0, 0.05) is 32.7 Å². The van der Waals surface area contributed by atoms with Gasteiger partial charge in [-0.25, -0.2) is 0 Å². The first-order valence-corrected chi connectivity index (χ1v) is 11.4. The maximum atomic E-state index is 13.2. The second kappa shape index (κ2) is 10.3. The van der Waals surface area contributed by atoms with Crippen LogP contribution in [-0.4, -0.2) is 57.4 Å². The number of amides is 3. The fraction of sp³-hybridized carbons (Fsp3) is 0.308. The molecule has 1 aliphatic rings. The molecule has 0 spiro atoms. The van der Waals surface area contributed by atoms with Gasteiger partial charge in [0.05, 0.1) is 12.6 Å². The summed E-state index contributed by atoms with van der Waals surface area (Å²) in [6, 6.07) is 20.8. The molecule has 1 aromatic heterocycles. The Balaban J connectivity index is 1.40. The number of rotatable bonds is 7. The van der Waals surface area contributed by atoms with E-state index >= 15 is 0 Å². The SMILES string of the molecule is CC(NC(=O)CN(C)C(=O)c1cc2n(n1)CCCN(Cc1ccccc1)C2=O)c1ccccc1. The van der Waals surface area contributed by atoms with Crippen LogP contribution in [0.2, 0.25) is 0 Å². The quantitative estimate of drug-likeness (QED) is 0.589. The predicted octanol–water partition coefficient (Wildman–Crippen LogP) is 2.88. The van der Waals surface area contributed by atoms with E-state index in [1.807, 2.05) is 67.6 Å². The molecule has 3 amide bonds. The first kappa shape index (κ1) is 23.2. The molecular weight excluding hydrogens is 430 g/mol. The summed E-state index contributed by atoms with van der Waals surface area (Å²) in [5.41, 5.74) is 2.60. The Morgan fingerprint density at radius 2 is 1.74 bits per heavy atom. The van der Waals surface area contributed by atoms with Crippen LogP contribution in [0.15, 0.2) is 66.7 Å². The lowest BCUT2D eigenvalue weighted by atomic mass is 10.1. The van der Waals surface area contributed by atoms with Gasteiger partial charge in [0.1, 0.15) is 5.69 Å². The minimum atomic E-state index is -0.398. The fourth-order valence-corrected chi connectivity index (χ4v) is 4.09. The van der Waals surface area contributed by atoms with Gasteiger partial charge in [-0.2, -0.15) is 5.10 Å². The van der Waals surface area contributed by atoms with Crippen molar-refractivity contribution in [1.29, 1.82) is 0 Å². The number of aryl methyl sites for hydroxylation is 1. The highest BCUT2D eigenvalue weighted by Gasteiger charge is 2.27. The minimum Gasteiger partial charge on any atom is -0.348 e. The van der Waals surface area contributed by atoms with E-state index in [9.17, 15) is 14.4 Å². The van der Waals surface area contributed by atoms with Crippen molar-refractivity contribution in [3.05, 3.63) is 89.2 Å². The number of hydrogen-bond acceptors (Lipinski definition) is 4. The zero-order valence-electron chi connectivity index (χ0n) is 19.5. The summed E-state index contributed by atoms with van der Waals surface area (Å²) in [4.78, 5) is 41.7. The van der Waals surface area contributed by atoms with Crippen LogP contribution in [0.5, 0.6) is 0 Å². The second-order valence-electron chi connectivity index (χ2n) is 8.56. The first-order chi connectivity index (χ1) is 16.4. The number of benzene rings is 2. The van der Waals surface area contributed by atoms with Crippen molar-refractivity contribution in [3.63, 3.8) is 0 Å².